The molecule has 2 saturated carbocycles. The number of amides is 1. The molecule has 2 aliphatic carbocycles. The first kappa shape index (κ1) is 26.6. The molecule has 2 aromatic heterocycles. The van der Waals surface area contributed by atoms with Gasteiger partial charge < -0.3 is 9.80 Å². The fourth-order valence-electron chi connectivity index (χ4n) is 8.12. The number of pyridine rings is 1. The topological polar surface area (TPSA) is 90.9 Å². The highest BCUT2D eigenvalue weighted by molar-refractivity contribution is 5.84. The van der Waals surface area contributed by atoms with Crippen LogP contribution in [0.15, 0.2) is 36.5 Å². The van der Waals surface area contributed by atoms with Crippen LogP contribution in [0.1, 0.15) is 73.2 Å². The highest BCUT2D eigenvalue weighted by Gasteiger charge is 2.57. The Balaban J connectivity index is 1.02. The number of nitrogens with one attached hydrogen (secondary N) is 1. The van der Waals surface area contributed by atoms with Crippen molar-refractivity contribution in [3.05, 3.63) is 58.9 Å². The summed E-state index contributed by atoms with van der Waals surface area (Å²) in [5, 5.41) is 14.4. The fraction of sp³-hybridized carbons (Fsp3) is 0.567. The van der Waals surface area contributed by atoms with Crippen molar-refractivity contribution < 1.29 is 18.0 Å². The molecule has 1 saturated heterocycles. The van der Waals surface area contributed by atoms with E-state index in [1.807, 2.05) is 11.0 Å². The summed E-state index contributed by atoms with van der Waals surface area (Å²) in [4.78, 5) is 22.6. The first-order chi connectivity index (χ1) is 19.8. The summed E-state index contributed by atoms with van der Waals surface area (Å²) in [6.45, 7) is 2.75. The number of halogens is 3. The first-order valence-corrected chi connectivity index (χ1v) is 14.7. The van der Waals surface area contributed by atoms with Gasteiger partial charge in [0.05, 0.1) is 11.0 Å². The average Bonchev–Trinajstić information content (AvgIpc) is 3.73. The molecule has 41 heavy (non-hydrogen) atoms. The lowest BCUT2D eigenvalue weighted by atomic mass is 9.78. The largest absolute Gasteiger partial charge is 0.417 e. The molecule has 11 heteroatoms. The number of benzene rings is 1. The number of fused-ring (bicyclic) bond motifs is 2. The number of aromatic amines is 1. The van der Waals surface area contributed by atoms with Gasteiger partial charge in [0.15, 0.2) is 0 Å². The third-order valence-corrected chi connectivity index (χ3v) is 10.2. The van der Waals surface area contributed by atoms with Crippen molar-refractivity contribution in [2.45, 2.75) is 76.0 Å². The average molecular weight is 566 g/mol. The molecular formula is C30H34F3N7O. The van der Waals surface area contributed by atoms with Crippen molar-refractivity contribution in [2.24, 2.45) is 11.3 Å². The molecular weight excluding hydrogens is 531 g/mol. The molecule has 4 heterocycles. The minimum Gasteiger partial charge on any atom is -0.337 e. The maximum Gasteiger partial charge on any atom is 0.417 e. The molecule has 0 bridgehead atoms. The SMILES string of the molecule is O=C(N1CCc2ncc(C(F)(F)F)cc2C1)[C@@]12CCC[C@@H]1C[C@H](N1CCC(c3cccc(-c4nn[nH]n4)c3)CC1)C2. The number of aromatic nitrogens is 5. The predicted molar refractivity (Wildman–Crippen MR) is 144 cm³/mol. The number of hydrogen-bond acceptors (Lipinski definition) is 6. The van der Waals surface area contributed by atoms with Gasteiger partial charge in [-0.3, -0.25) is 9.78 Å². The first-order valence-electron chi connectivity index (χ1n) is 14.7. The number of hydrogen-bond donors (Lipinski definition) is 1. The third kappa shape index (κ3) is 4.81. The van der Waals surface area contributed by atoms with Gasteiger partial charge >= 0.3 is 6.18 Å². The van der Waals surface area contributed by atoms with Crippen molar-refractivity contribution in [2.75, 3.05) is 19.6 Å². The molecule has 1 aromatic carbocycles. The van der Waals surface area contributed by atoms with Crippen molar-refractivity contribution in [1.29, 1.82) is 0 Å². The summed E-state index contributed by atoms with van der Waals surface area (Å²) >= 11 is 0. The zero-order valence-electron chi connectivity index (χ0n) is 22.9. The number of likely N-dealkylation sites (tertiary alicyclic amines) is 1. The van der Waals surface area contributed by atoms with Gasteiger partial charge in [0.25, 0.3) is 0 Å². The van der Waals surface area contributed by atoms with Crippen LogP contribution in [0.5, 0.6) is 0 Å². The Morgan fingerprint density at radius 1 is 1.10 bits per heavy atom. The van der Waals surface area contributed by atoms with Gasteiger partial charge in [-0.1, -0.05) is 24.6 Å². The number of tetrazole rings is 1. The molecule has 3 atom stereocenters. The quantitative estimate of drug-likeness (QED) is 0.479. The number of carbonyl (C=O) groups excluding carboxylic acids is 1. The van der Waals surface area contributed by atoms with E-state index in [9.17, 15) is 18.0 Å². The third-order valence-electron chi connectivity index (χ3n) is 10.2. The molecule has 1 amide bonds. The van der Waals surface area contributed by atoms with Crippen LogP contribution < -0.4 is 0 Å². The molecule has 2 aliphatic heterocycles. The molecule has 1 N–H and O–H groups in total. The number of H-pyrrole nitrogens is 1. The zero-order chi connectivity index (χ0) is 28.2. The lowest BCUT2D eigenvalue weighted by Crippen LogP contribution is -2.47. The van der Waals surface area contributed by atoms with Gasteiger partial charge in [0, 0.05) is 43.0 Å². The number of nitrogens with zero attached hydrogens (tertiary/aromatic N) is 6. The molecule has 216 valence electrons. The van der Waals surface area contributed by atoms with Gasteiger partial charge in [-0.05, 0) is 91.9 Å². The number of piperidine rings is 1. The van der Waals surface area contributed by atoms with Gasteiger partial charge in [-0.15, -0.1) is 10.2 Å². The van der Waals surface area contributed by atoms with Crippen molar-refractivity contribution in [3.8, 4) is 11.4 Å². The molecule has 0 radical (unpaired) electrons. The second-order valence-electron chi connectivity index (χ2n) is 12.3. The van der Waals surface area contributed by atoms with E-state index < -0.39 is 11.7 Å². The summed E-state index contributed by atoms with van der Waals surface area (Å²) in [6, 6.07) is 9.98. The van der Waals surface area contributed by atoms with Crippen LogP contribution in [0.2, 0.25) is 0 Å². The molecule has 0 spiro atoms. The highest BCUT2D eigenvalue weighted by atomic mass is 19.4. The van der Waals surface area contributed by atoms with Crippen LogP contribution in [0.3, 0.4) is 0 Å². The van der Waals surface area contributed by atoms with E-state index in [2.05, 4.69) is 48.7 Å². The molecule has 8 nitrogen and oxygen atoms in total. The Kier molecular flexibility index (Phi) is 6.59. The van der Waals surface area contributed by atoms with Gasteiger partial charge in [0.2, 0.25) is 11.7 Å². The van der Waals surface area contributed by atoms with Gasteiger partial charge in [0.1, 0.15) is 0 Å². The van der Waals surface area contributed by atoms with Crippen LogP contribution in [0.4, 0.5) is 13.2 Å². The second-order valence-corrected chi connectivity index (χ2v) is 12.3. The smallest absolute Gasteiger partial charge is 0.337 e. The van der Waals surface area contributed by atoms with E-state index in [4.69, 9.17) is 0 Å². The molecule has 4 aliphatic rings. The summed E-state index contributed by atoms with van der Waals surface area (Å²) in [5.41, 5.74) is 2.35. The zero-order valence-corrected chi connectivity index (χ0v) is 22.9. The lowest BCUT2D eigenvalue weighted by Gasteiger charge is -2.39. The van der Waals surface area contributed by atoms with E-state index in [0.717, 1.165) is 69.8 Å². The van der Waals surface area contributed by atoms with Crippen LogP contribution in [0.25, 0.3) is 11.4 Å². The molecule has 3 aromatic rings. The second kappa shape index (κ2) is 10.2. The van der Waals surface area contributed by atoms with Crippen molar-refractivity contribution in [3.63, 3.8) is 0 Å². The number of rotatable bonds is 4. The molecule has 7 rings (SSSR count). The summed E-state index contributed by atoms with van der Waals surface area (Å²) < 4.78 is 40.0. The van der Waals surface area contributed by atoms with Crippen molar-refractivity contribution in [1.82, 2.24) is 35.4 Å². The Morgan fingerprint density at radius 3 is 2.73 bits per heavy atom. The predicted octanol–water partition coefficient (Wildman–Crippen LogP) is 4.99. The van der Waals surface area contributed by atoms with E-state index >= 15 is 0 Å². The fourth-order valence-corrected chi connectivity index (χ4v) is 8.12. The van der Waals surface area contributed by atoms with Crippen LogP contribution in [-0.2, 0) is 23.9 Å². The summed E-state index contributed by atoms with van der Waals surface area (Å²) in [5.74, 6) is 1.58. The van der Waals surface area contributed by atoms with E-state index in [1.165, 1.54) is 11.6 Å². The Labute approximate surface area is 236 Å². The summed E-state index contributed by atoms with van der Waals surface area (Å²) in [7, 11) is 0. The normalized spacial score (nSPS) is 27.1. The van der Waals surface area contributed by atoms with E-state index in [-0.39, 0.29) is 17.9 Å². The minimum absolute atomic E-state index is 0.152. The standard InChI is InChI=1S/C30H34F3N7O/c31-30(32,33)24-14-22-18-40(12-8-26(22)34-17-24)28(41)29-9-2-5-23(29)15-25(16-29)39-10-6-19(7-11-39)20-3-1-4-21(13-20)27-35-37-38-36-27/h1,3-4,13-14,17,19,23,25H,2,5-12,15-16,18H2,(H,35,36,37,38)/t23-,25+,29-/m1/s1. The monoisotopic (exact) mass is 565 g/mol. The maximum absolute atomic E-state index is 14.1. The highest BCUT2D eigenvalue weighted by Crippen LogP contribution is 2.57. The van der Waals surface area contributed by atoms with Gasteiger partial charge in [-0.25, -0.2) is 0 Å². The Hall–Kier alpha value is -3.34. The van der Waals surface area contributed by atoms with E-state index in [1.54, 1.807) is 0 Å². The lowest BCUT2D eigenvalue weighted by molar-refractivity contribution is -0.144. The Morgan fingerprint density at radius 2 is 1.95 bits per heavy atom. The molecule has 0 unspecified atom stereocenters. The van der Waals surface area contributed by atoms with E-state index in [0.29, 0.717) is 47.9 Å². The van der Waals surface area contributed by atoms with Crippen LogP contribution >= 0.6 is 0 Å². The Bertz CT molecular complexity index is 1420. The number of alkyl halides is 3. The maximum atomic E-state index is 14.1. The van der Waals surface area contributed by atoms with Crippen molar-refractivity contribution >= 4 is 5.91 Å². The van der Waals surface area contributed by atoms with Crippen LogP contribution in [0, 0.1) is 11.3 Å². The van der Waals surface area contributed by atoms with Gasteiger partial charge in [-0.2, -0.15) is 18.4 Å². The molecule has 3 fully saturated rings. The van der Waals surface area contributed by atoms with Crippen LogP contribution in [-0.4, -0.2) is 67.0 Å². The number of carbonyl (C=O) groups is 1. The summed E-state index contributed by atoms with van der Waals surface area (Å²) in [6.07, 6.45) is 4.00. The minimum atomic E-state index is -4.44.